The molecule has 0 unspecified atom stereocenters. The summed E-state index contributed by atoms with van der Waals surface area (Å²) in [5.74, 6) is 1.19. The molecule has 5 rings (SSSR count). The summed E-state index contributed by atoms with van der Waals surface area (Å²) in [4.78, 5) is 21.3. The van der Waals surface area contributed by atoms with Crippen molar-refractivity contribution >= 4 is 16.8 Å². The van der Waals surface area contributed by atoms with Gasteiger partial charge in [0.05, 0.1) is 19.8 Å². The van der Waals surface area contributed by atoms with Gasteiger partial charge in [0, 0.05) is 40.5 Å². The third-order valence-electron chi connectivity index (χ3n) is 7.60. The lowest BCUT2D eigenvalue weighted by Gasteiger charge is -2.51. The predicted octanol–water partition coefficient (Wildman–Crippen LogP) is 2.82. The van der Waals surface area contributed by atoms with Gasteiger partial charge in [0.2, 0.25) is 5.91 Å². The number of aromatic nitrogens is 1. The first kappa shape index (κ1) is 18.9. The average molecular weight is 398 g/mol. The minimum atomic E-state index is -0.290. The molecule has 1 aromatic carbocycles. The molecule has 1 spiro atoms. The number of methoxy groups -OCH3 is 1. The number of hydrogen-bond acceptors (Lipinski definition) is 4. The molecule has 0 bridgehead atoms. The highest BCUT2D eigenvalue weighted by atomic mass is 16.5. The lowest BCUT2D eigenvalue weighted by atomic mass is 9.68. The molecular formula is C23H31N3O3. The van der Waals surface area contributed by atoms with Crippen LogP contribution in [0.25, 0.3) is 10.9 Å². The number of H-pyrrole nitrogens is 1. The number of piperidine rings is 1. The van der Waals surface area contributed by atoms with E-state index in [0.29, 0.717) is 6.54 Å². The highest BCUT2D eigenvalue weighted by molar-refractivity contribution is 5.89. The molecule has 2 aromatic rings. The van der Waals surface area contributed by atoms with Crippen molar-refractivity contribution in [3.05, 3.63) is 29.5 Å². The fourth-order valence-electron chi connectivity index (χ4n) is 5.58. The lowest BCUT2D eigenvalue weighted by molar-refractivity contribution is -0.144. The van der Waals surface area contributed by atoms with Gasteiger partial charge in [-0.1, -0.05) is 6.42 Å². The van der Waals surface area contributed by atoms with Crippen LogP contribution in [-0.4, -0.2) is 66.2 Å². The maximum absolute atomic E-state index is 13.3. The Labute approximate surface area is 171 Å². The van der Waals surface area contributed by atoms with E-state index in [-0.39, 0.29) is 29.9 Å². The highest BCUT2D eigenvalue weighted by Crippen LogP contribution is 2.49. The number of nitrogens with zero attached hydrogens (tertiary/aromatic N) is 2. The van der Waals surface area contributed by atoms with E-state index in [4.69, 9.17) is 4.74 Å². The minimum absolute atomic E-state index is 0.0502. The van der Waals surface area contributed by atoms with Crippen molar-refractivity contribution in [2.24, 2.45) is 5.92 Å². The predicted molar refractivity (Wildman–Crippen MR) is 112 cm³/mol. The van der Waals surface area contributed by atoms with E-state index in [0.717, 1.165) is 62.2 Å². The fraction of sp³-hybridized carbons (Fsp3) is 0.609. The van der Waals surface area contributed by atoms with Crippen LogP contribution in [0.15, 0.2) is 18.2 Å². The summed E-state index contributed by atoms with van der Waals surface area (Å²) in [6, 6.07) is 5.89. The van der Waals surface area contributed by atoms with Gasteiger partial charge in [-0.15, -0.1) is 0 Å². The number of carbonyl (C=O) groups is 1. The second-order valence-corrected chi connectivity index (χ2v) is 9.20. The third kappa shape index (κ3) is 2.88. The molecule has 1 aromatic heterocycles. The number of rotatable bonds is 3. The lowest BCUT2D eigenvalue weighted by Crippen LogP contribution is -2.56. The van der Waals surface area contributed by atoms with Crippen molar-refractivity contribution in [3.63, 3.8) is 0 Å². The van der Waals surface area contributed by atoms with Gasteiger partial charge in [0.15, 0.2) is 0 Å². The summed E-state index contributed by atoms with van der Waals surface area (Å²) in [5, 5.41) is 11.5. The van der Waals surface area contributed by atoms with Gasteiger partial charge < -0.3 is 24.6 Å². The molecule has 1 amide bonds. The molecule has 6 heteroatoms. The minimum Gasteiger partial charge on any atom is -0.497 e. The first-order valence-electron chi connectivity index (χ1n) is 10.9. The molecule has 6 nitrogen and oxygen atoms in total. The highest BCUT2D eigenvalue weighted by Gasteiger charge is 2.49. The summed E-state index contributed by atoms with van der Waals surface area (Å²) in [7, 11) is 3.85. The van der Waals surface area contributed by atoms with E-state index in [2.05, 4.69) is 23.0 Å². The van der Waals surface area contributed by atoms with Crippen molar-refractivity contribution in [1.82, 2.24) is 14.8 Å². The number of aliphatic hydroxyl groups excluding tert-OH is 1. The Morgan fingerprint density at radius 2 is 2.07 bits per heavy atom. The monoisotopic (exact) mass is 397 g/mol. The normalized spacial score (nSPS) is 24.5. The Morgan fingerprint density at radius 3 is 2.69 bits per heavy atom. The number of hydrogen-bond donors (Lipinski definition) is 2. The van der Waals surface area contributed by atoms with Crippen LogP contribution in [0.4, 0.5) is 0 Å². The number of carbonyl (C=O) groups excluding carboxylic acids is 1. The van der Waals surface area contributed by atoms with Crippen molar-refractivity contribution in [2.75, 3.05) is 40.4 Å². The van der Waals surface area contributed by atoms with Crippen LogP contribution in [0.5, 0.6) is 5.75 Å². The molecule has 1 aliphatic carbocycles. The van der Waals surface area contributed by atoms with Crippen molar-refractivity contribution in [3.8, 4) is 5.75 Å². The first-order valence-corrected chi connectivity index (χ1v) is 10.9. The Kier molecular flexibility index (Phi) is 4.59. The Morgan fingerprint density at radius 1 is 1.31 bits per heavy atom. The molecule has 2 fully saturated rings. The van der Waals surface area contributed by atoms with Gasteiger partial charge in [-0.05, 0) is 63.5 Å². The Hall–Kier alpha value is -2.05. The van der Waals surface area contributed by atoms with Gasteiger partial charge in [-0.3, -0.25) is 4.79 Å². The Balaban J connectivity index is 1.66. The van der Waals surface area contributed by atoms with Crippen LogP contribution in [0.1, 0.15) is 49.4 Å². The van der Waals surface area contributed by atoms with Crippen molar-refractivity contribution in [1.29, 1.82) is 0 Å². The third-order valence-corrected chi connectivity index (χ3v) is 7.60. The van der Waals surface area contributed by atoms with Crippen LogP contribution in [0.2, 0.25) is 0 Å². The number of nitrogens with one attached hydrogen (secondary N) is 1. The molecule has 2 aliphatic heterocycles. The van der Waals surface area contributed by atoms with E-state index in [1.165, 1.54) is 10.9 Å². The number of ether oxygens (including phenoxy) is 1. The zero-order chi connectivity index (χ0) is 20.2. The van der Waals surface area contributed by atoms with Gasteiger partial charge in [0.1, 0.15) is 5.75 Å². The van der Waals surface area contributed by atoms with Gasteiger partial charge in [-0.25, -0.2) is 0 Å². The van der Waals surface area contributed by atoms with E-state index >= 15 is 0 Å². The second kappa shape index (κ2) is 7.03. The molecule has 3 heterocycles. The van der Waals surface area contributed by atoms with Crippen LogP contribution in [0.3, 0.4) is 0 Å². The summed E-state index contributed by atoms with van der Waals surface area (Å²) in [6.07, 6.45) is 5.17. The quantitative estimate of drug-likeness (QED) is 0.836. The second-order valence-electron chi connectivity index (χ2n) is 9.20. The summed E-state index contributed by atoms with van der Waals surface area (Å²) >= 11 is 0. The summed E-state index contributed by atoms with van der Waals surface area (Å²) in [5.41, 5.74) is 3.32. The number of aliphatic hydroxyl groups is 1. The summed E-state index contributed by atoms with van der Waals surface area (Å²) in [6.45, 7) is 2.72. The van der Waals surface area contributed by atoms with E-state index in [1.807, 2.05) is 17.0 Å². The number of benzene rings is 1. The summed E-state index contributed by atoms with van der Waals surface area (Å²) < 4.78 is 5.43. The van der Waals surface area contributed by atoms with Gasteiger partial charge in [0.25, 0.3) is 0 Å². The maximum Gasteiger partial charge on any atom is 0.226 e. The smallest absolute Gasteiger partial charge is 0.226 e. The molecule has 3 aliphatic rings. The zero-order valence-electron chi connectivity index (χ0n) is 17.4. The fourth-order valence-corrected chi connectivity index (χ4v) is 5.58. The number of fused-ring (bicyclic) bond motifs is 4. The van der Waals surface area contributed by atoms with Crippen molar-refractivity contribution in [2.45, 2.75) is 43.6 Å². The van der Waals surface area contributed by atoms with Crippen molar-refractivity contribution < 1.29 is 14.6 Å². The van der Waals surface area contributed by atoms with E-state index in [1.54, 1.807) is 7.11 Å². The van der Waals surface area contributed by atoms with Crippen LogP contribution < -0.4 is 4.74 Å². The first-order chi connectivity index (χ1) is 14.1. The molecule has 0 radical (unpaired) electrons. The standard InChI is InChI=1S/C23H31N3O3/c1-25-10-8-23(9-11-25)14-26(22(28)15-4-3-5-15)19(13-27)21-20(23)17-7-6-16(29-2)12-18(17)24-21/h6-7,12,15,19,24,27H,3-5,8-11,13-14H2,1-2H3/t19-/m0/s1. The molecule has 1 saturated carbocycles. The molecule has 156 valence electrons. The molecular weight excluding hydrogens is 366 g/mol. The number of likely N-dealkylation sites (tertiary alicyclic amines) is 1. The van der Waals surface area contributed by atoms with Crippen LogP contribution >= 0.6 is 0 Å². The number of amides is 1. The van der Waals surface area contributed by atoms with Crippen LogP contribution in [0, 0.1) is 5.92 Å². The van der Waals surface area contributed by atoms with E-state index < -0.39 is 0 Å². The van der Waals surface area contributed by atoms with Crippen LogP contribution in [-0.2, 0) is 10.2 Å². The molecule has 29 heavy (non-hydrogen) atoms. The molecule has 1 saturated heterocycles. The number of aromatic amines is 1. The SMILES string of the molecule is COc1ccc2c3c([nH]c2c1)[C@H](CO)N(C(=O)C1CCC1)CC31CCN(C)CC1. The largest absolute Gasteiger partial charge is 0.497 e. The average Bonchev–Trinajstić information content (AvgIpc) is 3.08. The van der Waals surface area contributed by atoms with E-state index in [9.17, 15) is 9.90 Å². The Bertz CT molecular complexity index is 925. The molecule has 2 N–H and O–H groups in total. The zero-order valence-corrected chi connectivity index (χ0v) is 17.4. The van der Waals surface area contributed by atoms with Gasteiger partial charge in [-0.2, -0.15) is 0 Å². The maximum atomic E-state index is 13.3. The topological polar surface area (TPSA) is 68.8 Å². The van der Waals surface area contributed by atoms with Gasteiger partial charge >= 0.3 is 0 Å². The molecule has 1 atom stereocenters.